The van der Waals surface area contributed by atoms with Crippen LogP contribution in [0.4, 0.5) is 0 Å². The third-order valence-electron chi connectivity index (χ3n) is 4.10. The largest absolute Gasteiger partial charge is 0.455 e. The van der Waals surface area contributed by atoms with Crippen molar-refractivity contribution in [3.63, 3.8) is 0 Å². The van der Waals surface area contributed by atoms with E-state index in [2.05, 4.69) is 39.7 Å². The van der Waals surface area contributed by atoms with Gasteiger partial charge in [0.1, 0.15) is 0 Å². The van der Waals surface area contributed by atoms with E-state index in [1.807, 2.05) is 0 Å². The van der Waals surface area contributed by atoms with Gasteiger partial charge in [-0.3, -0.25) is 4.79 Å². The summed E-state index contributed by atoms with van der Waals surface area (Å²) in [5.74, 6) is -0.196. The van der Waals surface area contributed by atoms with Crippen LogP contribution < -0.4 is 0 Å². The minimum atomic E-state index is -1.66. The Labute approximate surface area is 178 Å². The van der Waals surface area contributed by atoms with E-state index in [0.29, 0.717) is 6.61 Å². The maximum Gasteiger partial charge on any atom is 0.245 e. The van der Waals surface area contributed by atoms with E-state index in [-0.39, 0.29) is 41.3 Å². The van der Waals surface area contributed by atoms with Crippen molar-refractivity contribution in [3.05, 3.63) is 12.7 Å². The quantitative estimate of drug-likeness (QED) is 0.220. The number of ether oxygens (including phenoxy) is 1. The number of hydrogen-bond donors (Lipinski definition) is 1. The molecule has 0 bridgehead atoms. The van der Waals surface area contributed by atoms with Crippen molar-refractivity contribution in [2.45, 2.75) is 92.8 Å². The van der Waals surface area contributed by atoms with Gasteiger partial charge in [-0.15, -0.1) is 0 Å². The van der Waals surface area contributed by atoms with Gasteiger partial charge in [-0.1, -0.05) is 48.6 Å². The highest BCUT2D eigenvalue weighted by atomic mass is 28.4. The van der Waals surface area contributed by atoms with Crippen molar-refractivity contribution >= 4 is 22.5 Å². The molecule has 0 heterocycles. The first-order valence-electron chi connectivity index (χ1n) is 9.36. The van der Waals surface area contributed by atoms with Crippen LogP contribution in [0.25, 0.3) is 0 Å². The number of amides is 1. The molecule has 0 radical (unpaired) electrons. The Hall–Kier alpha value is -0.476. The third kappa shape index (κ3) is 17.6. The minimum Gasteiger partial charge on any atom is -0.455 e. The summed E-state index contributed by atoms with van der Waals surface area (Å²) in [5.41, 5.74) is 0. The zero-order valence-electron chi connectivity index (χ0n) is 17.1. The van der Waals surface area contributed by atoms with Gasteiger partial charge in [-0.25, -0.2) is 0 Å². The molecule has 0 aromatic rings. The van der Waals surface area contributed by atoms with E-state index in [1.54, 1.807) is 7.05 Å². The molecule has 0 aliphatic carbocycles. The highest BCUT2D eigenvalue weighted by Crippen LogP contribution is 2.24. The van der Waals surface area contributed by atoms with Gasteiger partial charge in [0.05, 0.1) is 12.7 Å². The van der Waals surface area contributed by atoms with Crippen LogP contribution in [0.15, 0.2) is 12.7 Å². The molecule has 1 unspecified atom stereocenters. The van der Waals surface area contributed by atoms with Crippen molar-refractivity contribution in [3.8, 4) is 0 Å². The first kappa shape index (κ1) is 35.0. The monoisotopic (exact) mass is 437 g/mol. The van der Waals surface area contributed by atoms with Crippen LogP contribution in [0.3, 0.4) is 0 Å². The Morgan fingerprint density at radius 1 is 1.11 bits per heavy atom. The van der Waals surface area contributed by atoms with Gasteiger partial charge in [0.25, 0.3) is 0 Å². The molecule has 1 N–H and O–H groups in total. The SMILES string of the molecule is C.C.C.C=CC(=O)N(C)CC(O)COCCC[Si](C)(C)O[Si](C)(C)CCCC. The molecule has 0 aromatic heterocycles. The summed E-state index contributed by atoms with van der Waals surface area (Å²) in [6.45, 7) is 16.0. The third-order valence-corrected chi connectivity index (χ3v) is 11.6. The smallest absolute Gasteiger partial charge is 0.245 e. The molecule has 7 heteroatoms. The van der Waals surface area contributed by atoms with Crippen LogP contribution >= 0.6 is 0 Å². The van der Waals surface area contributed by atoms with Crippen molar-refractivity contribution in [2.24, 2.45) is 0 Å². The van der Waals surface area contributed by atoms with E-state index in [1.165, 1.54) is 29.9 Å². The van der Waals surface area contributed by atoms with Crippen LogP contribution in [0.5, 0.6) is 0 Å². The topological polar surface area (TPSA) is 59.0 Å². The summed E-state index contributed by atoms with van der Waals surface area (Å²) >= 11 is 0. The van der Waals surface area contributed by atoms with E-state index in [4.69, 9.17) is 8.85 Å². The summed E-state index contributed by atoms with van der Waals surface area (Å²) < 4.78 is 12.1. The van der Waals surface area contributed by atoms with Gasteiger partial charge in [-0.2, -0.15) is 0 Å². The maximum absolute atomic E-state index is 11.4. The number of aliphatic hydroxyl groups excluding tert-OH is 1. The minimum absolute atomic E-state index is 0. The van der Waals surface area contributed by atoms with Gasteiger partial charge in [0.2, 0.25) is 5.91 Å². The molecule has 28 heavy (non-hydrogen) atoms. The van der Waals surface area contributed by atoms with Crippen molar-refractivity contribution in [1.29, 1.82) is 0 Å². The Balaban J connectivity index is -0.000000960. The second kappa shape index (κ2) is 17.4. The number of hydrogen-bond acceptors (Lipinski definition) is 4. The highest BCUT2D eigenvalue weighted by molar-refractivity contribution is 6.84. The van der Waals surface area contributed by atoms with E-state index < -0.39 is 22.7 Å². The molecule has 0 saturated heterocycles. The van der Waals surface area contributed by atoms with Crippen molar-refractivity contribution in [2.75, 3.05) is 26.8 Å². The summed E-state index contributed by atoms with van der Waals surface area (Å²) in [6.07, 6.45) is 4.01. The van der Waals surface area contributed by atoms with Crippen molar-refractivity contribution in [1.82, 2.24) is 4.90 Å². The second-order valence-corrected chi connectivity index (χ2v) is 16.8. The van der Waals surface area contributed by atoms with Crippen LogP contribution in [0, 0.1) is 0 Å². The fourth-order valence-corrected chi connectivity index (χ4v) is 11.9. The molecule has 0 fully saturated rings. The Morgan fingerprint density at radius 3 is 2.07 bits per heavy atom. The standard InChI is InChI=1S/C18H39NO4Si2.3CH4/c1-8-10-13-24(4,5)23-25(6,7)14-11-12-22-16-17(20)15-19(3)18(21)9-2;;;/h9,17,20H,2,8,10-16H2,1,3-7H3;3*1H4. The predicted molar refractivity (Wildman–Crippen MR) is 130 cm³/mol. The Morgan fingerprint density at radius 2 is 1.61 bits per heavy atom. The van der Waals surface area contributed by atoms with Crippen LogP contribution in [-0.2, 0) is 13.6 Å². The molecule has 5 nitrogen and oxygen atoms in total. The van der Waals surface area contributed by atoms with E-state index >= 15 is 0 Å². The average Bonchev–Trinajstić information content (AvgIpc) is 2.50. The summed E-state index contributed by atoms with van der Waals surface area (Å²) in [4.78, 5) is 12.8. The lowest BCUT2D eigenvalue weighted by Gasteiger charge is -2.34. The summed E-state index contributed by atoms with van der Waals surface area (Å²) in [5, 5.41) is 9.89. The van der Waals surface area contributed by atoms with Crippen LogP contribution in [0.1, 0.15) is 48.5 Å². The van der Waals surface area contributed by atoms with Gasteiger partial charge in [0.15, 0.2) is 16.6 Å². The molecular formula is C21H51NO4Si2. The van der Waals surface area contributed by atoms with Gasteiger partial charge >= 0.3 is 0 Å². The predicted octanol–water partition coefficient (Wildman–Crippen LogP) is 5.53. The highest BCUT2D eigenvalue weighted by Gasteiger charge is 2.32. The molecule has 1 atom stereocenters. The molecular weight excluding hydrogens is 386 g/mol. The Kier molecular flexibility index (Phi) is 21.7. The molecule has 0 rings (SSSR count). The van der Waals surface area contributed by atoms with Crippen LogP contribution in [0.2, 0.25) is 38.3 Å². The molecule has 0 saturated carbocycles. The normalized spacial score (nSPS) is 12.1. The fraction of sp³-hybridized carbons (Fsp3) is 0.857. The summed E-state index contributed by atoms with van der Waals surface area (Å²) in [6, 6.07) is 2.31. The average molecular weight is 438 g/mol. The zero-order valence-corrected chi connectivity index (χ0v) is 19.1. The first-order chi connectivity index (χ1) is 11.5. The van der Waals surface area contributed by atoms with Gasteiger partial charge < -0.3 is 18.9 Å². The van der Waals surface area contributed by atoms with Crippen LogP contribution in [-0.4, -0.2) is 65.5 Å². The fourth-order valence-electron chi connectivity index (χ4n) is 2.89. The number of likely N-dealkylation sites (N-methyl/N-ethyl adjacent to an activating group) is 1. The molecule has 1 amide bonds. The molecule has 172 valence electrons. The van der Waals surface area contributed by atoms with E-state index in [9.17, 15) is 9.90 Å². The number of unbranched alkanes of at least 4 members (excludes halogenated alkanes) is 1. The van der Waals surface area contributed by atoms with E-state index in [0.717, 1.165) is 12.5 Å². The molecule has 0 aliphatic heterocycles. The van der Waals surface area contributed by atoms with Gasteiger partial charge in [-0.05, 0) is 50.8 Å². The first-order valence-corrected chi connectivity index (χ1v) is 15.6. The molecule has 0 spiro atoms. The number of rotatable bonds is 14. The summed E-state index contributed by atoms with van der Waals surface area (Å²) in [7, 11) is -1.56. The Bertz CT molecular complexity index is 404. The van der Waals surface area contributed by atoms with Gasteiger partial charge in [0, 0.05) is 20.2 Å². The molecule has 0 aromatic carbocycles. The lowest BCUT2D eigenvalue weighted by molar-refractivity contribution is -0.126. The number of nitrogens with zero attached hydrogens (tertiary/aromatic N) is 1. The maximum atomic E-state index is 11.4. The van der Waals surface area contributed by atoms with Crippen molar-refractivity contribution < 1.29 is 18.8 Å². The zero-order chi connectivity index (χ0) is 19.5. The number of aliphatic hydroxyl groups is 1. The lowest BCUT2D eigenvalue weighted by atomic mass is 10.3. The number of carbonyl (C=O) groups excluding carboxylic acids is 1. The second-order valence-electron chi connectivity index (χ2n) is 7.98. The number of carbonyl (C=O) groups is 1. The lowest BCUT2D eigenvalue weighted by Crippen LogP contribution is -2.44. The molecule has 0 aliphatic rings.